The van der Waals surface area contributed by atoms with Gasteiger partial charge in [-0.1, -0.05) is 28.9 Å². The van der Waals surface area contributed by atoms with Crippen LogP contribution in [-0.4, -0.2) is 18.1 Å². The van der Waals surface area contributed by atoms with E-state index in [-0.39, 0.29) is 6.04 Å². The van der Waals surface area contributed by atoms with Crippen LogP contribution in [0.15, 0.2) is 22.7 Å². The number of hydrogen-bond donors (Lipinski definition) is 1. The summed E-state index contributed by atoms with van der Waals surface area (Å²) in [5.41, 5.74) is 6.98. The first-order valence-electron chi connectivity index (χ1n) is 5.90. The second-order valence-corrected chi connectivity index (χ2v) is 6.18. The molecule has 1 aromatic rings. The van der Waals surface area contributed by atoms with E-state index < -0.39 is 0 Å². The van der Waals surface area contributed by atoms with E-state index in [0.717, 1.165) is 34.6 Å². The molecule has 0 aliphatic rings. The first kappa shape index (κ1) is 14.9. The lowest BCUT2D eigenvalue weighted by molar-refractivity contribution is 0.314. The fraction of sp³-hybridized carbons (Fsp3) is 0.538. The van der Waals surface area contributed by atoms with Crippen LogP contribution in [0.1, 0.15) is 31.9 Å². The van der Waals surface area contributed by atoms with Crippen LogP contribution in [0, 0.1) is 0 Å². The summed E-state index contributed by atoms with van der Waals surface area (Å²) in [6.45, 7) is 4.90. The molecule has 1 rings (SSSR count). The topological polar surface area (TPSA) is 35.2 Å². The Hall–Kier alpha value is -0.190. The molecule has 1 aromatic carbocycles. The van der Waals surface area contributed by atoms with E-state index in [9.17, 15) is 0 Å². The molecule has 0 saturated heterocycles. The van der Waals surface area contributed by atoms with Crippen molar-refractivity contribution in [2.75, 3.05) is 18.1 Å². The third-order valence-corrected chi connectivity index (χ3v) is 3.84. The van der Waals surface area contributed by atoms with E-state index in [1.54, 1.807) is 0 Å². The number of hydrogen-bond acceptors (Lipinski definition) is 3. The van der Waals surface area contributed by atoms with Gasteiger partial charge in [0.25, 0.3) is 0 Å². The van der Waals surface area contributed by atoms with Crippen molar-refractivity contribution >= 4 is 27.7 Å². The fourth-order valence-corrected chi connectivity index (χ4v) is 2.45. The Balaban J connectivity index is 2.53. The normalized spacial score (nSPS) is 12.5. The highest BCUT2D eigenvalue weighted by atomic mass is 79.9. The van der Waals surface area contributed by atoms with Gasteiger partial charge in [-0.15, -0.1) is 0 Å². The Morgan fingerprint density at radius 2 is 2.24 bits per heavy atom. The van der Waals surface area contributed by atoms with E-state index in [4.69, 9.17) is 10.5 Å². The Labute approximate surface area is 116 Å². The summed E-state index contributed by atoms with van der Waals surface area (Å²) in [6.07, 6.45) is 1.07. The van der Waals surface area contributed by atoms with Gasteiger partial charge in [-0.05, 0) is 37.0 Å². The molecule has 2 nitrogen and oxygen atoms in total. The summed E-state index contributed by atoms with van der Waals surface area (Å²) in [5, 5.41) is 0. The molecule has 0 heterocycles. The summed E-state index contributed by atoms with van der Waals surface area (Å²) in [5.74, 6) is 3.22. The summed E-state index contributed by atoms with van der Waals surface area (Å²) >= 11 is 5.40. The zero-order chi connectivity index (χ0) is 12.7. The van der Waals surface area contributed by atoms with E-state index in [2.05, 4.69) is 22.9 Å². The van der Waals surface area contributed by atoms with Crippen molar-refractivity contribution < 1.29 is 4.74 Å². The molecule has 0 saturated carbocycles. The van der Waals surface area contributed by atoms with E-state index in [1.165, 1.54) is 5.75 Å². The molecule has 0 spiro atoms. The largest absolute Gasteiger partial charge is 0.493 e. The average molecular weight is 318 g/mol. The number of rotatable bonds is 7. The highest BCUT2D eigenvalue weighted by Crippen LogP contribution is 2.27. The molecule has 0 aliphatic carbocycles. The van der Waals surface area contributed by atoms with Gasteiger partial charge < -0.3 is 10.5 Å². The minimum atomic E-state index is 0.00289. The molecule has 0 bridgehead atoms. The lowest BCUT2D eigenvalue weighted by atomic mass is 10.1. The molecule has 0 unspecified atom stereocenters. The summed E-state index contributed by atoms with van der Waals surface area (Å²) in [7, 11) is 0. The highest BCUT2D eigenvalue weighted by Gasteiger charge is 2.08. The summed E-state index contributed by atoms with van der Waals surface area (Å²) in [6, 6.07) is 6.01. The van der Waals surface area contributed by atoms with Crippen LogP contribution in [0.3, 0.4) is 0 Å². The molecular formula is C13H20BrNOS. The SMILES string of the molecule is CCSCCCOc1cc(Br)ccc1[C@H](C)N. The molecule has 0 fully saturated rings. The first-order valence-corrected chi connectivity index (χ1v) is 7.85. The molecule has 2 N–H and O–H groups in total. The number of ether oxygens (including phenoxy) is 1. The smallest absolute Gasteiger partial charge is 0.125 e. The monoisotopic (exact) mass is 317 g/mol. The van der Waals surface area contributed by atoms with Crippen LogP contribution in [-0.2, 0) is 0 Å². The van der Waals surface area contributed by atoms with Gasteiger partial charge in [0.1, 0.15) is 5.75 Å². The molecular weight excluding hydrogens is 298 g/mol. The van der Waals surface area contributed by atoms with Crippen molar-refractivity contribution in [2.24, 2.45) is 5.73 Å². The first-order chi connectivity index (χ1) is 8.15. The van der Waals surface area contributed by atoms with Crippen LogP contribution in [0.25, 0.3) is 0 Å². The number of benzene rings is 1. The van der Waals surface area contributed by atoms with Gasteiger partial charge in [-0.25, -0.2) is 0 Å². The van der Waals surface area contributed by atoms with E-state index in [1.807, 2.05) is 36.9 Å². The van der Waals surface area contributed by atoms with Crippen LogP contribution < -0.4 is 10.5 Å². The van der Waals surface area contributed by atoms with Crippen molar-refractivity contribution in [1.82, 2.24) is 0 Å². The zero-order valence-electron chi connectivity index (χ0n) is 10.4. The van der Waals surface area contributed by atoms with Gasteiger partial charge in [0, 0.05) is 16.1 Å². The second kappa shape index (κ2) is 8.01. The van der Waals surface area contributed by atoms with Crippen molar-refractivity contribution in [3.05, 3.63) is 28.2 Å². The molecule has 0 radical (unpaired) electrons. The molecule has 1 atom stereocenters. The third-order valence-electron chi connectivity index (χ3n) is 2.36. The van der Waals surface area contributed by atoms with Crippen LogP contribution >= 0.6 is 27.7 Å². The quantitative estimate of drug-likeness (QED) is 0.772. The molecule has 4 heteroatoms. The maximum atomic E-state index is 5.92. The Morgan fingerprint density at radius 1 is 1.47 bits per heavy atom. The van der Waals surface area contributed by atoms with Crippen molar-refractivity contribution in [1.29, 1.82) is 0 Å². The van der Waals surface area contributed by atoms with E-state index in [0.29, 0.717) is 0 Å². The van der Waals surface area contributed by atoms with Crippen LogP contribution in [0.5, 0.6) is 5.75 Å². The second-order valence-electron chi connectivity index (χ2n) is 3.87. The Kier molecular flexibility index (Phi) is 7.00. The molecule has 17 heavy (non-hydrogen) atoms. The van der Waals surface area contributed by atoms with Gasteiger partial charge >= 0.3 is 0 Å². The fourth-order valence-electron chi connectivity index (χ4n) is 1.50. The molecule has 96 valence electrons. The lowest BCUT2D eigenvalue weighted by Crippen LogP contribution is -2.09. The van der Waals surface area contributed by atoms with Gasteiger partial charge in [-0.2, -0.15) is 11.8 Å². The zero-order valence-corrected chi connectivity index (χ0v) is 12.8. The van der Waals surface area contributed by atoms with Gasteiger partial charge in [0.2, 0.25) is 0 Å². The summed E-state index contributed by atoms with van der Waals surface area (Å²) < 4.78 is 6.83. The van der Waals surface area contributed by atoms with Gasteiger partial charge in [0.05, 0.1) is 6.61 Å². The maximum absolute atomic E-state index is 5.92. The molecule has 0 amide bonds. The van der Waals surface area contributed by atoms with Crippen molar-refractivity contribution in [3.63, 3.8) is 0 Å². The highest BCUT2D eigenvalue weighted by molar-refractivity contribution is 9.10. The van der Waals surface area contributed by atoms with Crippen molar-refractivity contribution in [2.45, 2.75) is 26.3 Å². The Morgan fingerprint density at radius 3 is 2.88 bits per heavy atom. The predicted octanol–water partition coefficient (Wildman–Crippen LogP) is 3.99. The predicted molar refractivity (Wildman–Crippen MR) is 79.9 cm³/mol. The number of thioether (sulfide) groups is 1. The molecule has 0 aromatic heterocycles. The average Bonchev–Trinajstić information content (AvgIpc) is 2.28. The minimum Gasteiger partial charge on any atom is -0.493 e. The van der Waals surface area contributed by atoms with Gasteiger partial charge in [0.15, 0.2) is 0 Å². The maximum Gasteiger partial charge on any atom is 0.125 e. The van der Waals surface area contributed by atoms with Crippen molar-refractivity contribution in [3.8, 4) is 5.75 Å². The number of nitrogens with two attached hydrogens (primary N) is 1. The van der Waals surface area contributed by atoms with E-state index >= 15 is 0 Å². The van der Waals surface area contributed by atoms with Gasteiger partial charge in [-0.3, -0.25) is 0 Å². The minimum absolute atomic E-state index is 0.00289. The lowest BCUT2D eigenvalue weighted by Gasteiger charge is -2.14. The third kappa shape index (κ3) is 5.32. The van der Waals surface area contributed by atoms with Crippen LogP contribution in [0.4, 0.5) is 0 Å². The molecule has 0 aliphatic heterocycles. The van der Waals surface area contributed by atoms with Crippen LogP contribution in [0.2, 0.25) is 0 Å². The summed E-state index contributed by atoms with van der Waals surface area (Å²) in [4.78, 5) is 0. The Bertz CT molecular complexity index is 344. The number of halogens is 1. The standard InChI is InChI=1S/C13H20BrNOS/c1-3-17-8-4-7-16-13-9-11(14)5-6-12(13)10(2)15/h5-6,9-10H,3-4,7-8,15H2,1-2H3/t10-/m0/s1.